The molecule has 0 aromatic carbocycles. The van der Waals surface area contributed by atoms with Crippen LogP contribution in [0.25, 0.3) is 0 Å². The maximum absolute atomic E-state index is 10.4. The Morgan fingerprint density at radius 1 is 1.10 bits per heavy atom. The van der Waals surface area contributed by atoms with E-state index >= 15 is 0 Å². The molecule has 0 aliphatic carbocycles. The summed E-state index contributed by atoms with van der Waals surface area (Å²) >= 11 is 0. The van der Waals surface area contributed by atoms with Gasteiger partial charge in [0, 0.05) is 5.97 Å². The van der Waals surface area contributed by atoms with Crippen molar-refractivity contribution >= 4 is 11.9 Å². The van der Waals surface area contributed by atoms with E-state index in [1.807, 2.05) is 13.8 Å². The Hall–Kier alpha value is -1.14. The minimum absolute atomic E-state index is 0.213. The minimum atomic E-state index is -0.933. The molecular formula is C14H29N2O4-. The van der Waals surface area contributed by atoms with Crippen LogP contribution >= 0.6 is 0 Å². The monoisotopic (exact) mass is 289 g/mol. The number of carboxylic acids is 2. The second kappa shape index (κ2) is 14.3. The zero-order valence-corrected chi connectivity index (χ0v) is 12.6. The van der Waals surface area contributed by atoms with Crippen LogP contribution < -0.4 is 16.6 Å². The summed E-state index contributed by atoms with van der Waals surface area (Å²) in [6.07, 6.45) is 5.54. The number of aliphatic carboxylic acids is 2. The predicted octanol–water partition coefficient (Wildman–Crippen LogP) is 0.480. The molecule has 0 aliphatic heterocycles. The van der Waals surface area contributed by atoms with Crippen molar-refractivity contribution in [2.75, 3.05) is 6.54 Å². The van der Waals surface area contributed by atoms with Crippen LogP contribution in [0.1, 0.15) is 58.8 Å². The highest BCUT2D eigenvalue weighted by Gasteiger charge is 2.09. The molecule has 0 fully saturated rings. The van der Waals surface area contributed by atoms with E-state index in [-0.39, 0.29) is 5.92 Å². The molecule has 0 rings (SSSR count). The second-order valence-corrected chi connectivity index (χ2v) is 4.82. The quantitative estimate of drug-likeness (QED) is 0.501. The summed E-state index contributed by atoms with van der Waals surface area (Å²) in [5.74, 6) is -2.03. The third kappa shape index (κ3) is 13.3. The number of unbranched alkanes of at least 4 members (excludes halogenated alkanes) is 1. The molecule has 0 spiro atoms. The number of hydrogen-bond donors (Lipinski definition) is 3. The Morgan fingerprint density at radius 3 is 1.90 bits per heavy atom. The van der Waals surface area contributed by atoms with E-state index in [1.165, 1.54) is 0 Å². The summed E-state index contributed by atoms with van der Waals surface area (Å²) in [6.45, 7) is 4.59. The van der Waals surface area contributed by atoms with Crippen molar-refractivity contribution in [2.45, 2.75) is 64.8 Å². The number of hydrogen-bond acceptors (Lipinski definition) is 5. The Bertz CT molecular complexity index is 254. The normalized spacial score (nSPS) is 11.7. The first-order valence-corrected chi connectivity index (χ1v) is 7.29. The van der Waals surface area contributed by atoms with Crippen molar-refractivity contribution in [3.8, 4) is 0 Å². The lowest BCUT2D eigenvalue weighted by Crippen LogP contribution is -2.31. The third-order valence-corrected chi connectivity index (χ3v) is 2.89. The van der Waals surface area contributed by atoms with Crippen LogP contribution in [-0.4, -0.2) is 29.6 Å². The summed E-state index contributed by atoms with van der Waals surface area (Å²) in [5.41, 5.74) is 10.4. The molecule has 0 heterocycles. The van der Waals surface area contributed by atoms with Gasteiger partial charge in [-0.2, -0.15) is 0 Å². The molecule has 6 nitrogen and oxygen atoms in total. The summed E-state index contributed by atoms with van der Waals surface area (Å²) in [7, 11) is 0. The summed E-state index contributed by atoms with van der Waals surface area (Å²) in [6, 6.07) is -0.716. The van der Waals surface area contributed by atoms with Gasteiger partial charge in [-0.15, -0.1) is 0 Å². The van der Waals surface area contributed by atoms with Crippen molar-refractivity contribution in [2.24, 2.45) is 17.4 Å². The van der Waals surface area contributed by atoms with Crippen molar-refractivity contribution in [1.82, 2.24) is 0 Å². The number of carbonyl (C=O) groups is 2. The Labute approximate surface area is 121 Å². The largest absolute Gasteiger partial charge is 0.550 e. The molecule has 0 amide bonds. The van der Waals surface area contributed by atoms with Crippen LogP contribution in [0.2, 0.25) is 0 Å². The van der Waals surface area contributed by atoms with Gasteiger partial charge in [-0.1, -0.05) is 33.1 Å². The van der Waals surface area contributed by atoms with Gasteiger partial charge in [0.15, 0.2) is 0 Å². The SMILES string of the molecule is CCCC(CCC)C(=O)[O-].NCCCCC(N)C(=O)O. The van der Waals surface area contributed by atoms with Crippen LogP contribution in [0.5, 0.6) is 0 Å². The molecule has 120 valence electrons. The molecule has 0 saturated carbocycles. The van der Waals surface area contributed by atoms with Crippen LogP contribution in [0.15, 0.2) is 0 Å². The Balaban J connectivity index is 0. The first-order valence-electron chi connectivity index (χ1n) is 7.29. The van der Waals surface area contributed by atoms with Crippen LogP contribution in [-0.2, 0) is 9.59 Å². The lowest BCUT2D eigenvalue weighted by atomic mass is 9.99. The average molecular weight is 289 g/mol. The number of nitrogens with two attached hydrogens (primary N) is 2. The molecule has 20 heavy (non-hydrogen) atoms. The van der Waals surface area contributed by atoms with E-state index in [0.29, 0.717) is 13.0 Å². The zero-order valence-electron chi connectivity index (χ0n) is 12.6. The van der Waals surface area contributed by atoms with Gasteiger partial charge in [0.2, 0.25) is 0 Å². The van der Waals surface area contributed by atoms with E-state index < -0.39 is 18.0 Å². The topological polar surface area (TPSA) is 129 Å². The highest BCUT2D eigenvalue weighted by atomic mass is 16.4. The highest BCUT2D eigenvalue weighted by molar-refractivity contribution is 5.72. The van der Waals surface area contributed by atoms with Crippen molar-refractivity contribution in [1.29, 1.82) is 0 Å². The van der Waals surface area contributed by atoms with Crippen molar-refractivity contribution in [3.63, 3.8) is 0 Å². The average Bonchev–Trinajstić information content (AvgIpc) is 2.39. The minimum Gasteiger partial charge on any atom is -0.550 e. The van der Waals surface area contributed by atoms with E-state index in [2.05, 4.69) is 0 Å². The molecule has 5 N–H and O–H groups in total. The van der Waals surface area contributed by atoms with Gasteiger partial charge in [-0.25, -0.2) is 0 Å². The van der Waals surface area contributed by atoms with Gasteiger partial charge >= 0.3 is 5.97 Å². The van der Waals surface area contributed by atoms with E-state index in [9.17, 15) is 14.7 Å². The molecule has 1 atom stereocenters. The standard InChI is InChI=1S/C8H16O2.C6H14N2O2/c1-3-5-7(6-4-2)8(9)10;7-4-2-1-3-5(8)6(9)10/h7H,3-6H2,1-2H3,(H,9,10);5H,1-4,7-8H2,(H,9,10)/p-1. The molecule has 0 saturated heterocycles. The summed E-state index contributed by atoms with van der Waals surface area (Å²) in [4.78, 5) is 20.5. The summed E-state index contributed by atoms with van der Waals surface area (Å²) < 4.78 is 0. The molecule has 6 heteroatoms. The number of rotatable bonds is 10. The van der Waals surface area contributed by atoms with Gasteiger partial charge in [0.05, 0.1) is 0 Å². The van der Waals surface area contributed by atoms with E-state index in [1.54, 1.807) is 0 Å². The maximum Gasteiger partial charge on any atom is 0.320 e. The van der Waals surface area contributed by atoms with Crippen molar-refractivity contribution < 1.29 is 19.8 Å². The van der Waals surface area contributed by atoms with Crippen LogP contribution in [0.3, 0.4) is 0 Å². The first-order chi connectivity index (χ1) is 9.40. The molecule has 0 radical (unpaired) electrons. The molecule has 0 aromatic rings. The fraction of sp³-hybridized carbons (Fsp3) is 0.857. The van der Waals surface area contributed by atoms with E-state index in [0.717, 1.165) is 38.5 Å². The first kappa shape index (κ1) is 21.2. The fourth-order valence-electron chi connectivity index (χ4n) is 1.71. The Morgan fingerprint density at radius 2 is 1.60 bits per heavy atom. The zero-order chi connectivity index (χ0) is 16.0. The smallest absolute Gasteiger partial charge is 0.320 e. The third-order valence-electron chi connectivity index (χ3n) is 2.89. The number of carboxylic acid groups (broad SMARTS) is 2. The lowest BCUT2D eigenvalue weighted by Gasteiger charge is -2.15. The van der Waals surface area contributed by atoms with Gasteiger partial charge in [-0.05, 0) is 38.1 Å². The summed E-state index contributed by atoms with van der Waals surface area (Å²) in [5, 5.41) is 18.7. The highest BCUT2D eigenvalue weighted by Crippen LogP contribution is 2.11. The molecule has 0 bridgehead atoms. The number of carbonyl (C=O) groups excluding carboxylic acids is 1. The van der Waals surface area contributed by atoms with Gasteiger partial charge in [-0.3, -0.25) is 4.79 Å². The Kier molecular flexibility index (Phi) is 15.1. The molecule has 1 unspecified atom stereocenters. The molecular weight excluding hydrogens is 260 g/mol. The fourth-order valence-corrected chi connectivity index (χ4v) is 1.71. The lowest BCUT2D eigenvalue weighted by molar-refractivity contribution is -0.312. The predicted molar refractivity (Wildman–Crippen MR) is 76.8 cm³/mol. The van der Waals surface area contributed by atoms with E-state index in [4.69, 9.17) is 16.6 Å². The van der Waals surface area contributed by atoms with Gasteiger partial charge in [0.1, 0.15) is 6.04 Å². The molecule has 0 aliphatic rings. The van der Waals surface area contributed by atoms with Gasteiger partial charge < -0.3 is 26.5 Å². The second-order valence-electron chi connectivity index (χ2n) is 4.82. The van der Waals surface area contributed by atoms with Gasteiger partial charge in [0.25, 0.3) is 0 Å². The van der Waals surface area contributed by atoms with Crippen molar-refractivity contribution in [3.05, 3.63) is 0 Å². The van der Waals surface area contributed by atoms with Crippen LogP contribution in [0.4, 0.5) is 0 Å². The van der Waals surface area contributed by atoms with Crippen LogP contribution in [0, 0.1) is 5.92 Å². The molecule has 0 aromatic heterocycles. The maximum atomic E-state index is 10.4.